The molecule has 2 aliphatic heterocycles. The predicted octanol–water partition coefficient (Wildman–Crippen LogP) is 8.74. The van der Waals surface area contributed by atoms with Gasteiger partial charge in [0, 0.05) is 10.4 Å². The van der Waals surface area contributed by atoms with E-state index in [1.54, 1.807) is 59.2 Å². The number of tetrazole rings is 1. The number of para-hydroxylation sites is 1. The van der Waals surface area contributed by atoms with Gasteiger partial charge < -0.3 is 0 Å². The Morgan fingerprint density at radius 1 is 0.638 bits per heavy atom. The average Bonchev–Trinajstić information content (AvgIpc) is 3.86. The first-order valence-corrected chi connectivity index (χ1v) is 23.8. The molecule has 0 N–H and O–H groups in total. The van der Waals surface area contributed by atoms with Gasteiger partial charge in [-0.2, -0.15) is 4.68 Å². The fourth-order valence-electron chi connectivity index (χ4n) is 5.39. The van der Waals surface area contributed by atoms with Crippen LogP contribution in [0.25, 0.3) is 35.7 Å². The van der Waals surface area contributed by atoms with E-state index in [4.69, 9.17) is 0 Å². The molecule has 7 rings (SSSR count). The first-order valence-electron chi connectivity index (χ1n) is 14.0. The summed E-state index contributed by atoms with van der Waals surface area (Å²) in [6, 6.07) is 23.9. The lowest BCUT2D eigenvalue weighted by Crippen LogP contribution is -2.18. The summed E-state index contributed by atoms with van der Waals surface area (Å²) < 4.78 is 36.8. The van der Waals surface area contributed by atoms with Gasteiger partial charge in [0.15, 0.2) is 0 Å². The summed E-state index contributed by atoms with van der Waals surface area (Å²) in [6.45, 7) is 0. The monoisotopic (exact) mass is 786 g/mol. The summed E-state index contributed by atoms with van der Waals surface area (Å²) in [5.74, 6) is -0.230. The van der Waals surface area contributed by atoms with Gasteiger partial charge in [-0.1, -0.05) is 107 Å². The number of fused-ring (bicyclic) bond motifs is 2. The highest BCUT2D eigenvalue weighted by Gasteiger charge is 2.27. The molecule has 6 nitrogen and oxygen atoms in total. The summed E-state index contributed by atoms with van der Waals surface area (Å²) >= 11 is 14.4. The Morgan fingerprint density at radius 3 is 1.66 bits per heavy atom. The van der Waals surface area contributed by atoms with Crippen molar-refractivity contribution < 1.29 is 8.42 Å². The zero-order valence-electron chi connectivity index (χ0n) is 25.4. The van der Waals surface area contributed by atoms with Crippen molar-refractivity contribution in [3.05, 3.63) is 106 Å². The van der Waals surface area contributed by atoms with Crippen molar-refractivity contribution in [1.82, 2.24) is 20.2 Å². The topological polar surface area (TPSA) is 77.7 Å². The Hall–Kier alpha value is -1.56. The normalized spacial score (nSPS) is 15.7. The highest BCUT2D eigenvalue weighted by atomic mass is 32.3. The molecule has 240 valence electrons. The van der Waals surface area contributed by atoms with Gasteiger partial charge in [0.1, 0.15) is 0 Å². The number of hydrogen-bond acceptors (Lipinski definition) is 13. The molecule has 0 saturated heterocycles. The highest BCUT2D eigenvalue weighted by Crippen LogP contribution is 2.58. The molecule has 0 aliphatic carbocycles. The van der Waals surface area contributed by atoms with Crippen LogP contribution in [0.15, 0.2) is 94.9 Å². The molecule has 0 bridgehead atoms. The average molecular weight is 787 g/mol. The summed E-state index contributed by atoms with van der Waals surface area (Å²) in [4.78, 5) is 0. The van der Waals surface area contributed by atoms with Crippen molar-refractivity contribution in [3.8, 4) is 5.69 Å². The van der Waals surface area contributed by atoms with E-state index in [0.29, 0.717) is 11.3 Å². The Kier molecular flexibility index (Phi) is 10.4. The molecule has 4 aromatic carbocycles. The third-order valence-corrected chi connectivity index (χ3v) is 19.4. The van der Waals surface area contributed by atoms with Crippen LogP contribution in [0.4, 0.5) is 0 Å². The smallest absolute Gasteiger partial charge is 0.220 e. The first kappa shape index (κ1) is 33.9. The zero-order chi connectivity index (χ0) is 32.7. The zero-order valence-corrected chi connectivity index (χ0v) is 32.8. The van der Waals surface area contributed by atoms with Crippen LogP contribution in [0.1, 0.15) is 5.56 Å². The van der Waals surface area contributed by atoms with Crippen LogP contribution in [-0.4, -0.2) is 53.6 Å². The molecule has 47 heavy (non-hydrogen) atoms. The molecule has 0 unspecified atom stereocenters. The van der Waals surface area contributed by atoms with Crippen LogP contribution in [-0.2, 0) is 15.6 Å². The number of aromatic nitrogens is 4. The van der Waals surface area contributed by atoms with Crippen molar-refractivity contribution in [2.24, 2.45) is 0 Å². The standard InChI is InChI=1S/C32H26N4O2S9/c1-39-28-29(40-2)44-26(43-28)24-20-12-8-9-13-21(20)25(27-45-30(41-3)31(42-4)46-27)23-16-18(14-15-22(23)24)17-47(37,38)32-33-34-35-36(32)19-10-6-5-7-11-19/h5-16H,17H2,1-4H3. The summed E-state index contributed by atoms with van der Waals surface area (Å²) in [5.41, 5.74) is 1.27. The van der Waals surface area contributed by atoms with Gasteiger partial charge >= 0.3 is 0 Å². The number of nitrogens with zero attached hydrogens (tertiary/aromatic N) is 4. The van der Waals surface area contributed by atoms with Gasteiger partial charge in [-0.25, -0.2) is 8.42 Å². The number of rotatable bonds is 8. The SMILES string of the molecule is CSC1=C(SC)SC(=c2c3ccccc3c(=C3SC(SC)=C(SC)S3)c3cc(CS(=O)(=O)c4nnnn4-c4ccccc4)ccc23)S1. The molecule has 3 heterocycles. The Morgan fingerprint density at radius 2 is 1.13 bits per heavy atom. The van der Waals surface area contributed by atoms with Gasteiger partial charge in [-0.15, -0.1) is 47.0 Å². The van der Waals surface area contributed by atoms with Crippen LogP contribution in [0.2, 0.25) is 0 Å². The molecule has 0 fully saturated rings. The Labute approximate surface area is 307 Å². The quantitative estimate of drug-likeness (QED) is 0.141. The lowest BCUT2D eigenvalue weighted by molar-refractivity contribution is 0.579. The van der Waals surface area contributed by atoms with Crippen molar-refractivity contribution >= 4 is 134 Å². The van der Waals surface area contributed by atoms with Crippen LogP contribution in [0.3, 0.4) is 0 Å². The van der Waals surface area contributed by atoms with E-state index in [1.165, 1.54) is 40.7 Å². The lowest BCUT2D eigenvalue weighted by atomic mass is 9.97. The molecule has 5 aromatic rings. The summed E-state index contributed by atoms with van der Waals surface area (Å²) in [6.07, 6.45) is 8.51. The van der Waals surface area contributed by atoms with Gasteiger partial charge in [0.25, 0.3) is 5.16 Å². The Balaban J connectivity index is 1.47. The number of sulfone groups is 1. The second-order valence-corrected chi connectivity index (χ2v) is 20.9. The number of hydrogen-bond donors (Lipinski definition) is 0. The van der Waals surface area contributed by atoms with Crippen LogP contribution >= 0.6 is 94.1 Å². The minimum atomic E-state index is -3.90. The third-order valence-electron chi connectivity index (χ3n) is 7.39. The molecular formula is C32H26N4O2S9. The van der Waals surface area contributed by atoms with Gasteiger partial charge in [-0.05, 0) is 80.8 Å². The minimum Gasteiger partial charge on any atom is -0.220 e. The predicted molar refractivity (Wildman–Crippen MR) is 216 cm³/mol. The summed E-state index contributed by atoms with van der Waals surface area (Å²) in [5, 5.41) is 18.4. The fraction of sp³-hybridized carbons (Fsp3) is 0.156. The van der Waals surface area contributed by atoms with Gasteiger partial charge in [0.05, 0.1) is 36.9 Å². The third kappa shape index (κ3) is 6.45. The maximum Gasteiger partial charge on any atom is 0.272 e. The second kappa shape index (κ2) is 14.4. The van der Waals surface area contributed by atoms with Gasteiger partial charge in [-0.3, -0.25) is 0 Å². The molecule has 0 radical (unpaired) electrons. The molecule has 15 heteroatoms. The van der Waals surface area contributed by atoms with Crippen LogP contribution in [0, 0.1) is 0 Å². The second-order valence-electron chi connectivity index (χ2n) is 10.1. The number of thioether (sulfide) groups is 8. The minimum absolute atomic E-state index is 0.174. The first-order chi connectivity index (χ1) is 22.9. The van der Waals surface area contributed by atoms with Crippen LogP contribution < -0.4 is 10.4 Å². The van der Waals surface area contributed by atoms with E-state index in [9.17, 15) is 8.42 Å². The van der Waals surface area contributed by atoms with E-state index >= 15 is 0 Å². The van der Waals surface area contributed by atoms with Crippen molar-refractivity contribution in [2.45, 2.75) is 10.9 Å². The molecule has 0 spiro atoms. The molecule has 1 aromatic heterocycles. The van der Waals surface area contributed by atoms with Crippen molar-refractivity contribution in [3.63, 3.8) is 0 Å². The maximum atomic E-state index is 13.9. The molecule has 0 saturated carbocycles. The molecule has 0 atom stereocenters. The largest absolute Gasteiger partial charge is 0.272 e. The van der Waals surface area contributed by atoms with Crippen molar-refractivity contribution in [1.29, 1.82) is 0 Å². The van der Waals surface area contributed by atoms with E-state index in [0.717, 1.165) is 21.4 Å². The van der Waals surface area contributed by atoms with E-state index in [-0.39, 0.29) is 10.9 Å². The highest BCUT2D eigenvalue weighted by molar-refractivity contribution is 8.46. The van der Waals surface area contributed by atoms with Gasteiger partial charge in [0.2, 0.25) is 9.84 Å². The summed E-state index contributed by atoms with van der Waals surface area (Å²) in [7, 11) is -3.90. The lowest BCUT2D eigenvalue weighted by Gasteiger charge is -2.13. The maximum absolute atomic E-state index is 13.9. The van der Waals surface area contributed by atoms with Crippen LogP contribution in [0.5, 0.6) is 0 Å². The van der Waals surface area contributed by atoms with E-state index in [2.05, 4.69) is 76.9 Å². The fourth-order valence-corrected chi connectivity index (χ4v) is 17.0. The molecule has 0 amide bonds. The van der Waals surface area contributed by atoms with E-state index in [1.807, 2.05) is 71.3 Å². The Bertz CT molecular complexity index is 2320. The van der Waals surface area contributed by atoms with E-state index < -0.39 is 9.84 Å². The number of benzene rings is 4. The molecular weight excluding hydrogens is 761 g/mol. The molecule has 2 aliphatic rings. The van der Waals surface area contributed by atoms with Crippen molar-refractivity contribution in [2.75, 3.05) is 25.0 Å².